The Bertz CT molecular complexity index is 499. The lowest BCUT2D eigenvalue weighted by molar-refractivity contribution is 0.0158. The Morgan fingerprint density at radius 1 is 1.48 bits per heavy atom. The van der Waals surface area contributed by atoms with Gasteiger partial charge in [-0.15, -0.1) is 0 Å². The second kappa shape index (κ2) is 7.24. The molecule has 0 aromatic carbocycles. The maximum Gasteiger partial charge on any atom is 0.173 e. The van der Waals surface area contributed by atoms with E-state index in [0.717, 1.165) is 37.4 Å². The molecule has 0 bridgehead atoms. The van der Waals surface area contributed by atoms with Crippen LogP contribution in [0.25, 0.3) is 0 Å². The maximum absolute atomic E-state index is 8.89. The van der Waals surface area contributed by atoms with Crippen LogP contribution in [0.3, 0.4) is 0 Å². The number of rotatable bonds is 5. The van der Waals surface area contributed by atoms with E-state index in [-0.39, 0.29) is 18.5 Å². The minimum Gasteiger partial charge on any atom is -0.409 e. The number of oxime groups is 1. The normalized spacial score (nSPS) is 17.2. The summed E-state index contributed by atoms with van der Waals surface area (Å²) in [5.74, 6) is 0.807. The van der Waals surface area contributed by atoms with Gasteiger partial charge in [0.2, 0.25) is 0 Å². The van der Waals surface area contributed by atoms with E-state index in [2.05, 4.69) is 15.0 Å². The van der Waals surface area contributed by atoms with E-state index in [1.807, 2.05) is 19.1 Å². The van der Waals surface area contributed by atoms with E-state index in [4.69, 9.17) is 20.8 Å². The third-order valence-corrected chi connectivity index (χ3v) is 3.58. The highest BCUT2D eigenvalue weighted by Crippen LogP contribution is 2.23. The number of aryl methyl sites for hydroxylation is 1. The molecule has 1 aromatic heterocycles. The average molecular weight is 294 g/mol. The first kappa shape index (κ1) is 15.5. The van der Waals surface area contributed by atoms with Crippen molar-refractivity contribution < 1.29 is 15.1 Å². The zero-order valence-electron chi connectivity index (χ0n) is 12.2. The molecule has 1 fully saturated rings. The number of pyridine rings is 1. The second-order valence-corrected chi connectivity index (χ2v) is 5.09. The second-order valence-electron chi connectivity index (χ2n) is 5.09. The van der Waals surface area contributed by atoms with E-state index >= 15 is 0 Å². The molecule has 116 valence electrons. The van der Waals surface area contributed by atoms with Crippen molar-refractivity contribution in [3.8, 4) is 0 Å². The van der Waals surface area contributed by atoms with E-state index in [9.17, 15) is 0 Å². The third-order valence-electron chi connectivity index (χ3n) is 3.58. The molecule has 2 heterocycles. The van der Waals surface area contributed by atoms with Gasteiger partial charge in [-0.25, -0.2) is 4.98 Å². The molecule has 1 aliphatic rings. The molecule has 4 N–H and O–H groups in total. The number of anilines is 1. The number of ether oxygens (including phenoxy) is 1. The minimum atomic E-state index is 0.0489. The van der Waals surface area contributed by atoms with Gasteiger partial charge in [0.05, 0.1) is 24.9 Å². The number of hydrogen-bond acceptors (Lipinski definition) is 6. The number of hydrogen-bond donors (Lipinski definition) is 3. The average Bonchev–Trinajstić information content (AvgIpc) is 2.52. The van der Waals surface area contributed by atoms with Gasteiger partial charge in [0, 0.05) is 18.8 Å². The van der Waals surface area contributed by atoms with E-state index in [1.54, 1.807) is 0 Å². The van der Waals surface area contributed by atoms with Crippen molar-refractivity contribution in [3.63, 3.8) is 0 Å². The van der Waals surface area contributed by atoms with Crippen LogP contribution in [0.1, 0.15) is 24.1 Å². The summed E-state index contributed by atoms with van der Waals surface area (Å²) < 4.78 is 5.55. The van der Waals surface area contributed by atoms with Crippen LogP contribution in [0.4, 0.5) is 5.82 Å². The highest BCUT2D eigenvalue weighted by Gasteiger charge is 2.23. The quantitative estimate of drug-likeness (QED) is 0.315. The standard InChI is InChI=1S/C14H22N4O3/c1-10-2-3-12(13(15)17-20)14(16-10)18-6-4-11(5-7-18)21-9-8-19/h2-3,11,19-20H,4-9H2,1H3,(H2,15,17). The van der Waals surface area contributed by atoms with Gasteiger partial charge in [0.1, 0.15) is 5.82 Å². The van der Waals surface area contributed by atoms with Crippen molar-refractivity contribution in [1.82, 2.24) is 4.98 Å². The van der Waals surface area contributed by atoms with Gasteiger partial charge in [-0.3, -0.25) is 0 Å². The van der Waals surface area contributed by atoms with Gasteiger partial charge in [-0.2, -0.15) is 0 Å². The number of aromatic nitrogens is 1. The van der Waals surface area contributed by atoms with Crippen molar-refractivity contribution in [3.05, 3.63) is 23.4 Å². The summed E-state index contributed by atoms with van der Waals surface area (Å²) in [4.78, 5) is 6.65. The van der Waals surface area contributed by atoms with Crippen LogP contribution in [0.15, 0.2) is 17.3 Å². The lowest BCUT2D eigenvalue weighted by Gasteiger charge is -2.33. The largest absolute Gasteiger partial charge is 0.409 e. The summed E-state index contributed by atoms with van der Waals surface area (Å²) >= 11 is 0. The van der Waals surface area contributed by atoms with Gasteiger partial charge in [0.25, 0.3) is 0 Å². The van der Waals surface area contributed by atoms with Crippen LogP contribution in [0, 0.1) is 6.92 Å². The van der Waals surface area contributed by atoms with Crippen LogP contribution in [0.2, 0.25) is 0 Å². The Morgan fingerprint density at radius 2 is 2.19 bits per heavy atom. The van der Waals surface area contributed by atoms with Crippen LogP contribution in [0.5, 0.6) is 0 Å². The van der Waals surface area contributed by atoms with Crippen molar-refractivity contribution in [1.29, 1.82) is 0 Å². The zero-order chi connectivity index (χ0) is 15.2. The molecule has 2 rings (SSSR count). The number of nitrogens with zero attached hydrogens (tertiary/aromatic N) is 3. The van der Waals surface area contributed by atoms with Gasteiger partial charge in [-0.05, 0) is 31.9 Å². The monoisotopic (exact) mass is 294 g/mol. The SMILES string of the molecule is Cc1ccc(/C(N)=N/O)c(N2CCC(OCCO)CC2)n1. The number of piperidine rings is 1. The molecule has 0 amide bonds. The molecule has 7 heteroatoms. The Balaban J connectivity index is 2.11. The maximum atomic E-state index is 8.89. The molecule has 0 atom stereocenters. The fraction of sp³-hybridized carbons (Fsp3) is 0.571. The summed E-state index contributed by atoms with van der Waals surface area (Å²) in [6, 6.07) is 3.66. The number of nitrogens with two attached hydrogens (primary N) is 1. The molecule has 1 saturated heterocycles. The first-order valence-corrected chi connectivity index (χ1v) is 7.08. The summed E-state index contributed by atoms with van der Waals surface area (Å²) in [7, 11) is 0. The molecule has 0 radical (unpaired) electrons. The highest BCUT2D eigenvalue weighted by atomic mass is 16.5. The van der Waals surface area contributed by atoms with Crippen LogP contribution in [-0.2, 0) is 4.74 Å². The summed E-state index contributed by atoms with van der Waals surface area (Å²) in [6.07, 6.45) is 1.90. The van der Waals surface area contributed by atoms with E-state index in [0.29, 0.717) is 12.2 Å². The van der Waals surface area contributed by atoms with Crippen LogP contribution >= 0.6 is 0 Å². The zero-order valence-corrected chi connectivity index (χ0v) is 12.2. The fourth-order valence-corrected chi connectivity index (χ4v) is 2.49. The molecule has 0 spiro atoms. The van der Waals surface area contributed by atoms with Crippen molar-refractivity contribution >= 4 is 11.7 Å². The van der Waals surface area contributed by atoms with E-state index in [1.165, 1.54) is 0 Å². The van der Waals surface area contributed by atoms with Crippen LogP contribution in [-0.4, -0.2) is 53.5 Å². The lowest BCUT2D eigenvalue weighted by atomic mass is 10.1. The van der Waals surface area contributed by atoms with Gasteiger partial charge >= 0.3 is 0 Å². The Kier molecular flexibility index (Phi) is 5.35. The minimum absolute atomic E-state index is 0.0489. The Morgan fingerprint density at radius 3 is 2.81 bits per heavy atom. The topological polar surface area (TPSA) is 104 Å². The molecule has 7 nitrogen and oxygen atoms in total. The first-order valence-electron chi connectivity index (χ1n) is 7.08. The summed E-state index contributed by atoms with van der Waals surface area (Å²) in [5, 5.41) is 20.8. The van der Waals surface area contributed by atoms with Crippen molar-refractivity contribution in [2.45, 2.75) is 25.9 Å². The third kappa shape index (κ3) is 3.83. The Labute approximate surface area is 124 Å². The number of aliphatic hydroxyl groups excluding tert-OH is 1. The van der Waals surface area contributed by atoms with E-state index < -0.39 is 0 Å². The molecule has 0 aliphatic carbocycles. The van der Waals surface area contributed by atoms with Crippen molar-refractivity contribution in [2.24, 2.45) is 10.9 Å². The number of amidine groups is 1. The smallest absolute Gasteiger partial charge is 0.173 e. The van der Waals surface area contributed by atoms with Gasteiger partial charge < -0.3 is 25.7 Å². The summed E-state index contributed by atoms with van der Waals surface area (Å²) in [5.41, 5.74) is 7.25. The predicted octanol–water partition coefficient (Wildman–Crippen LogP) is 0.462. The van der Waals surface area contributed by atoms with Gasteiger partial charge in [-0.1, -0.05) is 5.16 Å². The number of aliphatic hydroxyl groups is 1. The lowest BCUT2D eigenvalue weighted by Crippen LogP contribution is -2.39. The molecule has 1 aliphatic heterocycles. The van der Waals surface area contributed by atoms with Crippen LogP contribution < -0.4 is 10.6 Å². The predicted molar refractivity (Wildman–Crippen MR) is 79.8 cm³/mol. The highest BCUT2D eigenvalue weighted by molar-refractivity contribution is 6.01. The molecule has 0 unspecified atom stereocenters. The Hall–Kier alpha value is -1.86. The molecule has 1 aromatic rings. The van der Waals surface area contributed by atoms with Gasteiger partial charge in [0.15, 0.2) is 5.84 Å². The summed E-state index contributed by atoms with van der Waals surface area (Å²) in [6.45, 7) is 3.92. The van der Waals surface area contributed by atoms with Crippen molar-refractivity contribution in [2.75, 3.05) is 31.2 Å². The molecule has 21 heavy (non-hydrogen) atoms. The molecular formula is C14H22N4O3. The fourth-order valence-electron chi connectivity index (χ4n) is 2.49. The molecular weight excluding hydrogens is 272 g/mol. The molecule has 0 saturated carbocycles. The first-order chi connectivity index (χ1) is 10.2.